The van der Waals surface area contributed by atoms with Crippen LogP contribution in [-0.2, 0) is 6.54 Å². The highest BCUT2D eigenvalue weighted by Crippen LogP contribution is 2.23. The zero-order valence-corrected chi connectivity index (χ0v) is 18.7. The van der Waals surface area contributed by atoms with Crippen molar-refractivity contribution in [2.24, 2.45) is 4.99 Å². The van der Waals surface area contributed by atoms with Crippen LogP contribution < -0.4 is 4.80 Å². The van der Waals surface area contributed by atoms with Crippen molar-refractivity contribution in [3.8, 4) is 11.3 Å². The first-order valence-electron chi connectivity index (χ1n) is 8.79. The highest BCUT2D eigenvalue weighted by atomic mass is 79.9. The van der Waals surface area contributed by atoms with Crippen molar-refractivity contribution in [2.75, 3.05) is 0 Å². The Labute approximate surface area is 184 Å². The summed E-state index contributed by atoms with van der Waals surface area (Å²) >= 11 is 7.66. The molecule has 142 valence electrons. The van der Waals surface area contributed by atoms with E-state index in [1.165, 1.54) is 22.4 Å². The molecule has 0 aliphatic carbocycles. The first-order chi connectivity index (χ1) is 13.2. The lowest BCUT2D eigenvalue weighted by atomic mass is 10.1. The van der Waals surface area contributed by atoms with Crippen LogP contribution in [0.2, 0.25) is 5.02 Å². The summed E-state index contributed by atoms with van der Waals surface area (Å²) in [4.78, 5) is 5.83. The normalized spacial score (nSPS) is 11.3. The van der Waals surface area contributed by atoms with Crippen LogP contribution in [0.3, 0.4) is 0 Å². The molecule has 0 unspecified atom stereocenters. The highest BCUT2D eigenvalue weighted by Gasteiger charge is 2.09. The third-order valence-electron chi connectivity index (χ3n) is 4.38. The molecule has 0 atom stereocenters. The molecule has 0 saturated carbocycles. The van der Waals surface area contributed by atoms with E-state index in [4.69, 9.17) is 16.6 Å². The number of halogens is 2. The molecule has 0 amide bonds. The van der Waals surface area contributed by atoms with Gasteiger partial charge in [0.2, 0.25) is 0 Å². The van der Waals surface area contributed by atoms with Gasteiger partial charge in [0.05, 0.1) is 17.9 Å². The molecule has 0 bridgehead atoms. The molecule has 0 N–H and O–H groups in total. The lowest BCUT2D eigenvalue weighted by Crippen LogP contribution is -2.16. The molecule has 5 heteroatoms. The maximum Gasteiger partial charge on any atom is 0.190 e. The second-order valence-corrected chi connectivity index (χ2v) is 7.70. The predicted molar refractivity (Wildman–Crippen MR) is 125 cm³/mol. The molecule has 4 rings (SSSR count). The largest absolute Gasteiger partial charge is 0.312 e. The molecule has 4 aromatic rings. The Bertz CT molecular complexity index is 1100. The number of hydrogen-bond acceptors (Lipinski definition) is 2. The van der Waals surface area contributed by atoms with Crippen molar-refractivity contribution < 1.29 is 0 Å². The van der Waals surface area contributed by atoms with Gasteiger partial charge in [-0.15, -0.1) is 28.3 Å². The van der Waals surface area contributed by atoms with Gasteiger partial charge in [-0.1, -0.05) is 71.8 Å². The van der Waals surface area contributed by atoms with E-state index in [2.05, 4.69) is 65.4 Å². The first kappa shape index (κ1) is 20.6. The Kier molecular flexibility index (Phi) is 6.89. The number of aromatic nitrogens is 1. The lowest BCUT2D eigenvalue weighted by molar-refractivity contribution is 0.778. The van der Waals surface area contributed by atoms with Crippen LogP contribution in [0.15, 0.2) is 89.2 Å². The van der Waals surface area contributed by atoms with E-state index < -0.39 is 0 Å². The summed E-state index contributed by atoms with van der Waals surface area (Å²) < 4.78 is 2.28. The van der Waals surface area contributed by atoms with Crippen LogP contribution in [-0.4, -0.2) is 4.57 Å². The molecule has 0 radical (unpaired) electrons. The molecular weight excluding hydrogens is 452 g/mol. The van der Waals surface area contributed by atoms with Crippen LogP contribution in [0.25, 0.3) is 11.3 Å². The van der Waals surface area contributed by atoms with Gasteiger partial charge in [0.15, 0.2) is 4.80 Å². The van der Waals surface area contributed by atoms with Gasteiger partial charge in [-0.05, 0) is 42.3 Å². The topological polar surface area (TPSA) is 17.3 Å². The number of aryl methyl sites for hydroxylation is 1. The monoisotopic (exact) mass is 470 g/mol. The molecule has 2 nitrogen and oxygen atoms in total. The van der Waals surface area contributed by atoms with Crippen LogP contribution >= 0.6 is 39.9 Å². The summed E-state index contributed by atoms with van der Waals surface area (Å²) in [6.45, 7) is 2.89. The van der Waals surface area contributed by atoms with Crippen molar-refractivity contribution in [3.05, 3.63) is 105 Å². The van der Waals surface area contributed by atoms with E-state index in [1.807, 2.05) is 30.3 Å². The third-order valence-corrected chi connectivity index (χ3v) is 5.50. The zero-order valence-electron chi connectivity index (χ0n) is 15.4. The average Bonchev–Trinajstić information content (AvgIpc) is 3.07. The van der Waals surface area contributed by atoms with Crippen LogP contribution in [0.4, 0.5) is 5.69 Å². The minimum atomic E-state index is 0. The Morgan fingerprint density at radius 3 is 2.25 bits per heavy atom. The van der Waals surface area contributed by atoms with Gasteiger partial charge in [0.25, 0.3) is 0 Å². The fourth-order valence-corrected chi connectivity index (χ4v) is 3.97. The van der Waals surface area contributed by atoms with Crippen molar-refractivity contribution in [1.82, 2.24) is 4.57 Å². The van der Waals surface area contributed by atoms with Gasteiger partial charge in [-0.25, -0.2) is 4.99 Å². The molecule has 1 aromatic heterocycles. The zero-order chi connectivity index (χ0) is 18.6. The molecule has 0 spiro atoms. The highest BCUT2D eigenvalue weighted by molar-refractivity contribution is 8.93. The SMILES string of the molecule is Br.Cc1ccc(-c2csc(=Nc3ccc(Cl)cc3)n2Cc2ccccc2)cc1. The van der Waals surface area contributed by atoms with E-state index in [0.717, 1.165) is 22.1 Å². The first-order valence-corrected chi connectivity index (χ1v) is 10.0. The van der Waals surface area contributed by atoms with E-state index in [1.54, 1.807) is 11.3 Å². The molecule has 0 aliphatic heterocycles. The molecule has 0 aliphatic rings. The van der Waals surface area contributed by atoms with Crippen LogP contribution in [0.5, 0.6) is 0 Å². The van der Waals surface area contributed by atoms with Crippen molar-refractivity contribution in [1.29, 1.82) is 0 Å². The maximum atomic E-state index is 6.01. The van der Waals surface area contributed by atoms with Gasteiger partial charge in [-0.3, -0.25) is 0 Å². The quantitative estimate of drug-likeness (QED) is 0.304. The average molecular weight is 472 g/mol. The minimum Gasteiger partial charge on any atom is -0.312 e. The van der Waals surface area contributed by atoms with Crippen LogP contribution in [0.1, 0.15) is 11.1 Å². The molecule has 3 aromatic carbocycles. The summed E-state index contributed by atoms with van der Waals surface area (Å²) in [5.41, 5.74) is 5.79. The fourth-order valence-electron chi connectivity index (χ4n) is 2.92. The Hall–Kier alpha value is -2.14. The smallest absolute Gasteiger partial charge is 0.190 e. The maximum absolute atomic E-state index is 6.01. The van der Waals surface area contributed by atoms with E-state index in [9.17, 15) is 0 Å². The number of nitrogens with zero attached hydrogens (tertiary/aromatic N) is 2. The van der Waals surface area contributed by atoms with E-state index >= 15 is 0 Å². The Morgan fingerprint density at radius 2 is 1.57 bits per heavy atom. The molecule has 0 saturated heterocycles. The molecule has 0 fully saturated rings. The second kappa shape index (κ2) is 9.37. The third kappa shape index (κ3) is 4.82. The molecular formula is C23H20BrClN2S. The number of rotatable bonds is 4. The predicted octanol–water partition coefficient (Wildman–Crippen LogP) is 7.04. The Morgan fingerprint density at radius 1 is 0.893 bits per heavy atom. The Balaban J connectivity index is 0.00000225. The summed E-state index contributed by atoms with van der Waals surface area (Å²) in [5, 5.41) is 2.90. The fraction of sp³-hybridized carbons (Fsp3) is 0.0870. The lowest BCUT2D eigenvalue weighted by Gasteiger charge is -2.10. The van der Waals surface area contributed by atoms with Gasteiger partial charge in [0.1, 0.15) is 0 Å². The summed E-state index contributed by atoms with van der Waals surface area (Å²) in [6, 6.07) is 26.8. The summed E-state index contributed by atoms with van der Waals surface area (Å²) in [7, 11) is 0. The molecule has 1 heterocycles. The van der Waals surface area contributed by atoms with Crippen molar-refractivity contribution in [3.63, 3.8) is 0 Å². The standard InChI is InChI=1S/C23H19ClN2S.BrH/c1-17-7-9-19(10-8-17)22-16-27-23(25-21-13-11-20(24)12-14-21)26(22)15-18-5-3-2-4-6-18;/h2-14,16H,15H2,1H3;1H. The van der Waals surface area contributed by atoms with Gasteiger partial charge in [-0.2, -0.15) is 0 Å². The van der Waals surface area contributed by atoms with Gasteiger partial charge in [0, 0.05) is 10.4 Å². The number of benzene rings is 3. The van der Waals surface area contributed by atoms with Gasteiger partial charge >= 0.3 is 0 Å². The summed E-state index contributed by atoms with van der Waals surface area (Å²) in [6.07, 6.45) is 0. The van der Waals surface area contributed by atoms with E-state index in [-0.39, 0.29) is 17.0 Å². The van der Waals surface area contributed by atoms with Crippen LogP contribution in [0, 0.1) is 6.92 Å². The molecule has 28 heavy (non-hydrogen) atoms. The van der Waals surface area contributed by atoms with Gasteiger partial charge < -0.3 is 4.57 Å². The second-order valence-electron chi connectivity index (χ2n) is 6.43. The summed E-state index contributed by atoms with van der Waals surface area (Å²) in [5.74, 6) is 0. The van der Waals surface area contributed by atoms with Crippen molar-refractivity contribution in [2.45, 2.75) is 13.5 Å². The van der Waals surface area contributed by atoms with E-state index in [0.29, 0.717) is 0 Å². The number of thiazole rings is 1. The number of hydrogen-bond donors (Lipinski definition) is 0. The van der Waals surface area contributed by atoms with Crippen molar-refractivity contribution >= 4 is 45.6 Å². The minimum absolute atomic E-state index is 0.